The highest BCUT2D eigenvalue weighted by Gasteiger charge is 2.21. The topological polar surface area (TPSA) is 57.9 Å². The van der Waals surface area contributed by atoms with Crippen molar-refractivity contribution in [1.82, 2.24) is 9.97 Å². The molecule has 0 fully saturated rings. The number of hydrogen-bond acceptors (Lipinski definition) is 2. The van der Waals surface area contributed by atoms with Crippen LogP contribution in [0.25, 0.3) is 5.76 Å². The van der Waals surface area contributed by atoms with Crippen LogP contribution in [0.2, 0.25) is 0 Å². The quantitative estimate of drug-likeness (QED) is 0.370. The van der Waals surface area contributed by atoms with Gasteiger partial charge in [-0.25, -0.2) is 8.63 Å². The van der Waals surface area contributed by atoms with Crippen LogP contribution < -0.4 is 0 Å². The van der Waals surface area contributed by atoms with Crippen LogP contribution >= 0.6 is 0 Å². The van der Waals surface area contributed by atoms with Gasteiger partial charge in [-0.15, -0.1) is 0 Å². The van der Waals surface area contributed by atoms with Crippen LogP contribution in [0.5, 0.6) is 0 Å². The second kappa shape index (κ2) is 5.35. The van der Waals surface area contributed by atoms with Crippen LogP contribution in [0.1, 0.15) is 16.2 Å². The lowest BCUT2D eigenvalue weighted by Crippen LogP contribution is -2.07. The highest BCUT2D eigenvalue weighted by atomic mass is 19.2. The van der Waals surface area contributed by atoms with Crippen LogP contribution in [-0.4, -0.2) is 23.2 Å². The van der Waals surface area contributed by atoms with Gasteiger partial charge in [0.15, 0.2) is 0 Å². The second-order valence-corrected chi connectivity index (χ2v) is 3.42. The number of carbonyl (C=O) groups excluding carboxylic acids is 1. The molecule has 92 valence electrons. The van der Waals surface area contributed by atoms with Gasteiger partial charge in [0.1, 0.15) is 5.76 Å². The van der Waals surface area contributed by atoms with Crippen LogP contribution in [0.15, 0.2) is 42.7 Å². The number of aromatic nitrogens is 2. The molecule has 0 spiro atoms. The van der Waals surface area contributed by atoms with Crippen molar-refractivity contribution in [3.8, 4) is 0 Å². The standard InChI is InChI=1S/C11H9BF2N2O2/c13-12(14)18-11(9-4-2-6-16-9)7-10(17)8-3-1-5-15-8/h1-7,15-16H/b11-7-. The van der Waals surface area contributed by atoms with E-state index in [-0.39, 0.29) is 5.76 Å². The summed E-state index contributed by atoms with van der Waals surface area (Å²) < 4.78 is 28.9. The first-order valence-electron chi connectivity index (χ1n) is 5.15. The highest BCUT2D eigenvalue weighted by Crippen LogP contribution is 2.16. The Bertz CT molecular complexity index is 535. The van der Waals surface area contributed by atoms with Crippen molar-refractivity contribution < 1.29 is 18.1 Å². The number of halogens is 2. The fourth-order valence-electron chi connectivity index (χ4n) is 1.44. The smallest absolute Gasteiger partial charge is 0.503 e. The van der Waals surface area contributed by atoms with E-state index in [1.54, 1.807) is 30.6 Å². The van der Waals surface area contributed by atoms with Gasteiger partial charge in [-0.2, -0.15) is 0 Å². The molecule has 0 aliphatic carbocycles. The van der Waals surface area contributed by atoms with Crippen LogP contribution in [0.4, 0.5) is 8.63 Å². The van der Waals surface area contributed by atoms with Gasteiger partial charge in [0.05, 0.1) is 11.4 Å². The number of aromatic amines is 2. The van der Waals surface area contributed by atoms with Gasteiger partial charge >= 0.3 is 7.47 Å². The Morgan fingerprint density at radius 3 is 2.28 bits per heavy atom. The number of ketones is 1. The van der Waals surface area contributed by atoms with Gasteiger partial charge in [0.25, 0.3) is 0 Å². The van der Waals surface area contributed by atoms with Crippen LogP contribution in [0, 0.1) is 0 Å². The predicted octanol–water partition coefficient (Wildman–Crippen LogP) is 2.51. The number of hydrogen-bond donors (Lipinski definition) is 2. The summed E-state index contributed by atoms with van der Waals surface area (Å²) in [6.45, 7) is 0. The molecule has 2 N–H and O–H groups in total. The molecule has 0 aliphatic rings. The van der Waals surface area contributed by atoms with Crippen molar-refractivity contribution >= 4 is 19.0 Å². The Kier molecular flexibility index (Phi) is 3.61. The molecule has 4 nitrogen and oxygen atoms in total. The molecular weight excluding hydrogens is 241 g/mol. The van der Waals surface area contributed by atoms with E-state index in [0.29, 0.717) is 11.4 Å². The molecule has 0 bridgehead atoms. The van der Waals surface area contributed by atoms with E-state index in [4.69, 9.17) is 0 Å². The van der Waals surface area contributed by atoms with E-state index in [1.807, 2.05) is 0 Å². The molecule has 0 unspecified atom stereocenters. The maximum atomic E-state index is 12.3. The van der Waals surface area contributed by atoms with E-state index in [0.717, 1.165) is 6.08 Å². The minimum Gasteiger partial charge on any atom is -0.503 e. The first kappa shape index (κ1) is 12.2. The summed E-state index contributed by atoms with van der Waals surface area (Å²) in [7, 11) is -2.99. The molecule has 0 radical (unpaired) electrons. The fourth-order valence-corrected chi connectivity index (χ4v) is 1.44. The molecular formula is C11H9BF2N2O2. The normalized spacial score (nSPS) is 11.3. The fraction of sp³-hybridized carbons (Fsp3) is 0. The Labute approximate surface area is 102 Å². The van der Waals surface area contributed by atoms with Crippen LogP contribution in [0.3, 0.4) is 0 Å². The van der Waals surface area contributed by atoms with Gasteiger partial charge in [-0.05, 0) is 24.3 Å². The highest BCUT2D eigenvalue weighted by molar-refractivity contribution is 6.36. The second-order valence-electron chi connectivity index (χ2n) is 3.42. The van der Waals surface area contributed by atoms with E-state index in [9.17, 15) is 13.4 Å². The summed E-state index contributed by atoms with van der Waals surface area (Å²) >= 11 is 0. The zero-order valence-electron chi connectivity index (χ0n) is 9.19. The van der Waals surface area contributed by atoms with E-state index < -0.39 is 13.3 Å². The minimum atomic E-state index is -2.99. The average molecular weight is 250 g/mol. The Balaban J connectivity index is 2.26. The van der Waals surface area contributed by atoms with Gasteiger partial charge in [-0.1, -0.05) is 0 Å². The van der Waals surface area contributed by atoms with Crippen molar-refractivity contribution in [3.05, 3.63) is 54.1 Å². The average Bonchev–Trinajstić information content (AvgIpc) is 3.01. The molecule has 2 rings (SSSR count). The number of H-pyrrole nitrogens is 2. The van der Waals surface area contributed by atoms with Crippen molar-refractivity contribution in [2.24, 2.45) is 0 Å². The van der Waals surface area contributed by atoms with E-state index >= 15 is 0 Å². The van der Waals surface area contributed by atoms with Gasteiger partial charge in [0.2, 0.25) is 5.78 Å². The monoisotopic (exact) mass is 250 g/mol. The zero-order valence-corrected chi connectivity index (χ0v) is 9.19. The molecule has 2 aromatic heterocycles. The first-order chi connectivity index (χ1) is 8.66. The SMILES string of the molecule is O=C(/C=C(\OB(F)F)c1ccc[nH]1)c1ccc[nH]1. The predicted molar refractivity (Wildman–Crippen MR) is 62.9 cm³/mol. The van der Waals surface area contributed by atoms with Gasteiger partial charge in [0, 0.05) is 18.5 Å². The van der Waals surface area contributed by atoms with E-state index in [2.05, 4.69) is 14.6 Å². The Hall–Kier alpha value is -2.31. The first-order valence-corrected chi connectivity index (χ1v) is 5.15. The van der Waals surface area contributed by atoms with Crippen molar-refractivity contribution in [2.45, 2.75) is 0 Å². The lowest BCUT2D eigenvalue weighted by atomic mass is 10.2. The Morgan fingerprint density at radius 1 is 1.17 bits per heavy atom. The number of nitrogens with one attached hydrogen (secondary N) is 2. The number of allylic oxidation sites excluding steroid dienone is 1. The number of carbonyl (C=O) groups is 1. The molecule has 7 heteroatoms. The molecule has 0 aliphatic heterocycles. The Morgan fingerprint density at radius 2 is 1.78 bits per heavy atom. The van der Waals surface area contributed by atoms with Crippen LogP contribution in [-0.2, 0) is 4.65 Å². The maximum Gasteiger partial charge on any atom is 0.796 e. The summed E-state index contributed by atoms with van der Waals surface area (Å²) in [6, 6.07) is 6.35. The van der Waals surface area contributed by atoms with E-state index in [1.165, 1.54) is 6.07 Å². The van der Waals surface area contributed by atoms with Crippen molar-refractivity contribution in [2.75, 3.05) is 0 Å². The molecule has 0 amide bonds. The van der Waals surface area contributed by atoms with Crippen molar-refractivity contribution in [1.29, 1.82) is 0 Å². The summed E-state index contributed by atoms with van der Waals surface area (Å²) in [6.07, 6.45) is 4.14. The molecule has 0 aromatic carbocycles. The number of rotatable bonds is 5. The molecule has 2 heterocycles. The van der Waals surface area contributed by atoms with Gasteiger partial charge in [-0.3, -0.25) is 4.79 Å². The van der Waals surface area contributed by atoms with Crippen molar-refractivity contribution in [3.63, 3.8) is 0 Å². The molecule has 0 saturated heterocycles. The maximum absolute atomic E-state index is 12.3. The largest absolute Gasteiger partial charge is 0.796 e. The molecule has 0 saturated carbocycles. The molecule has 0 atom stereocenters. The third-order valence-corrected chi connectivity index (χ3v) is 2.21. The minimum absolute atomic E-state index is 0.199. The summed E-state index contributed by atoms with van der Waals surface area (Å²) in [5, 5.41) is 0. The summed E-state index contributed by atoms with van der Waals surface area (Å²) in [5.74, 6) is -0.639. The summed E-state index contributed by atoms with van der Waals surface area (Å²) in [5.41, 5.74) is 0.618. The molecule has 18 heavy (non-hydrogen) atoms. The third kappa shape index (κ3) is 2.88. The zero-order chi connectivity index (χ0) is 13.0. The third-order valence-electron chi connectivity index (χ3n) is 2.21. The van der Waals surface area contributed by atoms with Gasteiger partial charge < -0.3 is 14.6 Å². The summed E-state index contributed by atoms with van der Waals surface area (Å²) in [4.78, 5) is 17.1. The molecule has 2 aromatic rings. The lowest BCUT2D eigenvalue weighted by molar-refractivity contribution is 0.104. The lowest BCUT2D eigenvalue weighted by Gasteiger charge is -2.05.